The van der Waals surface area contributed by atoms with Gasteiger partial charge in [0.15, 0.2) is 0 Å². The summed E-state index contributed by atoms with van der Waals surface area (Å²) >= 11 is 0. The number of rotatable bonds is 4. The summed E-state index contributed by atoms with van der Waals surface area (Å²) in [6, 6.07) is 0. The molecule has 0 amide bonds. The summed E-state index contributed by atoms with van der Waals surface area (Å²) in [5.74, 6) is 0. The summed E-state index contributed by atoms with van der Waals surface area (Å²) < 4.78 is 0. The van der Waals surface area contributed by atoms with Crippen LogP contribution >= 0.6 is 0 Å². The quantitative estimate of drug-likeness (QED) is 0.679. The van der Waals surface area contributed by atoms with E-state index in [-0.39, 0.29) is 6.10 Å². The van der Waals surface area contributed by atoms with E-state index >= 15 is 0 Å². The van der Waals surface area contributed by atoms with Gasteiger partial charge in [0.1, 0.15) is 0 Å². The second-order valence-electron chi connectivity index (χ2n) is 2.33. The molecule has 0 aromatic carbocycles. The van der Waals surface area contributed by atoms with Crippen LogP contribution in [0, 0.1) is 0 Å². The Morgan fingerprint density at radius 1 is 1.18 bits per heavy atom. The maximum absolute atomic E-state index is 8.94. The lowest BCUT2D eigenvalue weighted by atomic mass is 10.3. The number of aliphatic hydroxyl groups excluding tert-OH is 1. The van der Waals surface area contributed by atoms with Gasteiger partial charge in [-0.05, 0) is 20.0 Å². The molecule has 70 valence electrons. The molecule has 1 N–H and O–H groups in total. The second-order valence-corrected chi connectivity index (χ2v) is 2.33. The minimum atomic E-state index is -0.190. The molecule has 0 heterocycles. The first kappa shape index (κ1) is 13.5. The molecular weight excluding hydrogens is 138 g/mol. The van der Waals surface area contributed by atoms with Gasteiger partial charge >= 0.3 is 0 Å². The van der Waals surface area contributed by atoms with Crippen molar-refractivity contribution in [3.8, 4) is 0 Å². The van der Waals surface area contributed by atoms with Gasteiger partial charge in [-0.1, -0.05) is 27.7 Å². The van der Waals surface area contributed by atoms with Crippen LogP contribution in [0.1, 0.15) is 34.6 Å². The van der Waals surface area contributed by atoms with Gasteiger partial charge in [-0.25, -0.2) is 0 Å². The summed E-state index contributed by atoms with van der Waals surface area (Å²) in [6.45, 7) is 12.9. The largest absolute Gasteiger partial charge is 0.392 e. The third kappa shape index (κ3) is 9.92. The summed E-state index contributed by atoms with van der Waals surface area (Å²) in [5, 5.41) is 8.94. The average Bonchev–Trinajstić information content (AvgIpc) is 2.03. The van der Waals surface area contributed by atoms with Crippen molar-refractivity contribution < 1.29 is 5.11 Å². The molecule has 0 aliphatic carbocycles. The van der Waals surface area contributed by atoms with Crippen molar-refractivity contribution in [2.45, 2.75) is 40.7 Å². The van der Waals surface area contributed by atoms with Crippen molar-refractivity contribution in [1.82, 2.24) is 4.90 Å². The molecule has 0 aromatic heterocycles. The second kappa shape index (κ2) is 9.92. The number of hydrogen-bond donors (Lipinski definition) is 1. The smallest absolute Gasteiger partial charge is 0.0639 e. The molecule has 0 spiro atoms. The molecule has 0 aliphatic rings. The van der Waals surface area contributed by atoms with E-state index < -0.39 is 0 Å². The third-order valence-electron chi connectivity index (χ3n) is 1.42. The third-order valence-corrected chi connectivity index (χ3v) is 1.42. The maximum Gasteiger partial charge on any atom is 0.0639 e. The fourth-order valence-electron chi connectivity index (χ4n) is 0.855. The lowest BCUT2D eigenvalue weighted by Gasteiger charge is -2.18. The van der Waals surface area contributed by atoms with Gasteiger partial charge in [0.25, 0.3) is 0 Å². The lowest BCUT2D eigenvalue weighted by molar-refractivity contribution is 0.133. The van der Waals surface area contributed by atoms with E-state index in [0.29, 0.717) is 0 Å². The van der Waals surface area contributed by atoms with Gasteiger partial charge in [0.2, 0.25) is 0 Å². The van der Waals surface area contributed by atoms with Crippen LogP contribution in [0.5, 0.6) is 0 Å². The van der Waals surface area contributed by atoms with E-state index in [1.165, 1.54) is 0 Å². The summed E-state index contributed by atoms with van der Waals surface area (Å²) in [7, 11) is 0. The molecule has 0 saturated carbocycles. The van der Waals surface area contributed by atoms with Crippen LogP contribution in [0.4, 0.5) is 0 Å². The van der Waals surface area contributed by atoms with Crippen molar-refractivity contribution in [2.75, 3.05) is 19.6 Å². The minimum Gasteiger partial charge on any atom is -0.392 e. The average molecular weight is 161 g/mol. The zero-order chi connectivity index (χ0) is 9.28. The van der Waals surface area contributed by atoms with Crippen LogP contribution in [0.15, 0.2) is 0 Å². The molecular formula is C9H23NO. The first-order valence-corrected chi connectivity index (χ1v) is 4.61. The Hall–Kier alpha value is -0.0800. The number of nitrogens with zero attached hydrogens (tertiary/aromatic N) is 1. The van der Waals surface area contributed by atoms with Crippen molar-refractivity contribution >= 4 is 0 Å². The van der Waals surface area contributed by atoms with Gasteiger partial charge in [-0.3, -0.25) is 0 Å². The van der Waals surface area contributed by atoms with E-state index in [9.17, 15) is 0 Å². The first-order valence-electron chi connectivity index (χ1n) is 4.61. The van der Waals surface area contributed by atoms with Crippen LogP contribution in [-0.2, 0) is 0 Å². The molecule has 0 radical (unpaired) electrons. The van der Waals surface area contributed by atoms with E-state index in [2.05, 4.69) is 18.7 Å². The van der Waals surface area contributed by atoms with Crippen molar-refractivity contribution in [3.05, 3.63) is 0 Å². The number of hydrogen-bond acceptors (Lipinski definition) is 2. The molecule has 1 atom stereocenters. The zero-order valence-electron chi connectivity index (χ0n) is 8.59. The van der Waals surface area contributed by atoms with Crippen LogP contribution in [0.25, 0.3) is 0 Å². The van der Waals surface area contributed by atoms with Gasteiger partial charge in [-0.15, -0.1) is 0 Å². The Balaban J connectivity index is 0. The van der Waals surface area contributed by atoms with Crippen molar-refractivity contribution in [1.29, 1.82) is 0 Å². The Morgan fingerprint density at radius 2 is 1.55 bits per heavy atom. The molecule has 1 unspecified atom stereocenters. The van der Waals surface area contributed by atoms with E-state index in [1.54, 1.807) is 0 Å². The number of likely N-dealkylation sites (N-methyl/N-ethyl adjacent to an activating group) is 1. The highest BCUT2D eigenvalue weighted by molar-refractivity contribution is 4.55. The van der Waals surface area contributed by atoms with E-state index in [0.717, 1.165) is 19.6 Å². The first-order chi connectivity index (χ1) is 5.20. The number of aliphatic hydroxyl groups is 1. The van der Waals surface area contributed by atoms with Crippen LogP contribution < -0.4 is 0 Å². The van der Waals surface area contributed by atoms with Crippen molar-refractivity contribution in [3.63, 3.8) is 0 Å². The Morgan fingerprint density at radius 3 is 1.64 bits per heavy atom. The Labute approximate surface area is 71.2 Å². The molecule has 2 nitrogen and oxygen atoms in total. The van der Waals surface area contributed by atoms with Gasteiger partial charge < -0.3 is 10.0 Å². The fourth-order valence-corrected chi connectivity index (χ4v) is 0.855. The topological polar surface area (TPSA) is 23.5 Å². The highest BCUT2D eigenvalue weighted by Gasteiger charge is 2.01. The van der Waals surface area contributed by atoms with E-state index in [4.69, 9.17) is 5.11 Å². The molecule has 0 bridgehead atoms. The van der Waals surface area contributed by atoms with Gasteiger partial charge in [0, 0.05) is 6.54 Å². The summed E-state index contributed by atoms with van der Waals surface area (Å²) in [4.78, 5) is 2.20. The standard InChI is InChI=1S/C7H17NO.C2H6/c1-4-8(5-2)6-7(3)9;1-2/h7,9H,4-6H2,1-3H3;1-2H3. The van der Waals surface area contributed by atoms with E-state index in [1.807, 2.05) is 20.8 Å². The van der Waals surface area contributed by atoms with Crippen LogP contribution in [0.3, 0.4) is 0 Å². The zero-order valence-corrected chi connectivity index (χ0v) is 8.59. The predicted molar refractivity (Wildman–Crippen MR) is 50.8 cm³/mol. The molecule has 11 heavy (non-hydrogen) atoms. The highest BCUT2D eigenvalue weighted by atomic mass is 16.3. The SMILES string of the molecule is CC.CCN(CC)CC(C)O. The lowest BCUT2D eigenvalue weighted by Crippen LogP contribution is -2.30. The van der Waals surface area contributed by atoms with Crippen molar-refractivity contribution in [2.24, 2.45) is 0 Å². The predicted octanol–water partition coefficient (Wildman–Crippen LogP) is 1.74. The highest BCUT2D eigenvalue weighted by Crippen LogP contribution is 1.89. The maximum atomic E-state index is 8.94. The molecule has 0 rings (SSSR count). The molecule has 0 aliphatic heterocycles. The minimum absolute atomic E-state index is 0.190. The fraction of sp³-hybridized carbons (Fsp3) is 1.00. The Kier molecular flexibility index (Phi) is 12.2. The molecule has 0 fully saturated rings. The summed E-state index contributed by atoms with van der Waals surface area (Å²) in [6.07, 6.45) is -0.190. The summed E-state index contributed by atoms with van der Waals surface area (Å²) in [5.41, 5.74) is 0. The normalized spacial score (nSPS) is 12.3. The van der Waals surface area contributed by atoms with Crippen LogP contribution in [-0.4, -0.2) is 35.7 Å². The van der Waals surface area contributed by atoms with Crippen LogP contribution in [0.2, 0.25) is 0 Å². The monoisotopic (exact) mass is 161 g/mol. The molecule has 2 heteroatoms. The molecule has 0 saturated heterocycles. The van der Waals surface area contributed by atoms with Gasteiger partial charge in [0.05, 0.1) is 6.10 Å². The van der Waals surface area contributed by atoms with Gasteiger partial charge in [-0.2, -0.15) is 0 Å². The molecule has 0 aromatic rings. The Bertz CT molecular complexity index is 60.6.